The molecule has 6 heteroatoms. The fraction of sp³-hybridized carbons (Fsp3) is 0.182. The number of aromatic hydroxyl groups is 2. The largest absolute Gasteiger partial charge is 0.504 e. The fourth-order valence-electron chi connectivity index (χ4n) is 2.86. The Morgan fingerprint density at radius 2 is 1.93 bits per heavy atom. The first kappa shape index (κ1) is 19.2. The lowest BCUT2D eigenvalue weighted by Crippen LogP contribution is -2.23. The van der Waals surface area contributed by atoms with Crippen molar-refractivity contribution < 1.29 is 19.7 Å². The van der Waals surface area contributed by atoms with E-state index in [0.29, 0.717) is 24.3 Å². The minimum absolute atomic E-state index is 0.0986. The first-order valence-corrected chi connectivity index (χ1v) is 8.90. The van der Waals surface area contributed by atoms with Crippen LogP contribution >= 0.6 is 0 Å². The molecule has 1 aliphatic carbocycles. The zero-order valence-corrected chi connectivity index (χ0v) is 15.4. The van der Waals surface area contributed by atoms with Gasteiger partial charge in [-0.25, -0.2) is 0 Å². The summed E-state index contributed by atoms with van der Waals surface area (Å²) in [6, 6.07) is 12.0. The molecule has 1 amide bonds. The molecule has 0 radical (unpaired) electrons. The van der Waals surface area contributed by atoms with Crippen molar-refractivity contribution in [1.82, 2.24) is 5.32 Å². The Balaban J connectivity index is 1.73. The van der Waals surface area contributed by atoms with Crippen molar-refractivity contribution in [2.45, 2.75) is 26.4 Å². The average Bonchev–Trinajstić information content (AvgIpc) is 2.79. The molecule has 6 nitrogen and oxygen atoms in total. The number of carbonyl (C=O) groups excluding carboxylic acids is 1. The Kier molecular flexibility index (Phi) is 5.79. The standard InChI is InChI=1S/C22H21NO5/c1-14-10-19(24)21(26)20(25)12-18(14)22(27)23-16-8-5-9-17(11-16)28-13-15-6-3-2-4-7-15/h2-4,6-8,10-12H,5,9,13H2,1H3,(H,23,27)(H2,24,25,26). The molecule has 3 rings (SSSR count). The highest BCUT2D eigenvalue weighted by Crippen LogP contribution is 2.22. The molecule has 0 atom stereocenters. The lowest BCUT2D eigenvalue weighted by Gasteiger charge is -2.16. The summed E-state index contributed by atoms with van der Waals surface area (Å²) in [4.78, 5) is 24.3. The van der Waals surface area contributed by atoms with Crippen LogP contribution in [0, 0.1) is 6.92 Å². The highest BCUT2D eigenvalue weighted by atomic mass is 16.5. The van der Waals surface area contributed by atoms with E-state index < -0.39 is 22.8 Å². The lowest BCUT2D eigenvalue weighted by molar-refractivity contribution is 0.0965. The van der Waals surface area contributed by atoms with Gasteiger partial charge in [0.05, 0.1) is 5.76 Å². The third-order valence-corrected chi connectivity index (χ3v) is 4.37. The van der Waals surface area contributed by atoms with E-state index in [1.165, 1.54) is 0 Å². The van der Waals surface area contributed by atoms with Crippen LogP contribution in [0.2, 0.25) is 0 Å². The van der Waals surface area contributed by atoms with Crippen molar-refractivity contribution in [3.05, 3.63) is 93.0 Å². The van der Waals surface area contributed by atoms with Gasteiger partial charge in [-0.3, -0.25) is 9.59 Å². The molecule has 0 spiro atoms. The number of benzene rings is 1. The number of amides is 1. The van der Waals surface area contributed by atoms with Gasteiger partial charge in [-0.2, -0.15) is 0 Å². The molecule has 0 aromatic heterocycles. The first-order valence-electron chi connectivity index (χ1n) is 8.90. The van der Waals surface area contributed by atoms with Gasteiger partial charge in [0.2, 0.25) is 11.2 Å². The van der Waals surface area contributed by atoms with Crippen LogP contribution in [0.5, 0.6) is 11.5 Å². The van der Waals surface area contributed by atoms with E-state index in [2.05, 4.69) is 5.32 Å². The first-order chi connectivity index (χ1) is 13.4. The molecule has 0 aliphatic heterocycles. The van der Waals surface area contributed by atoms with E-state index in [1.54, 1.807) is 13.0 Å². The smallest absolute Gasteiger partial charge is 0.256 e. The van der Waals surface area contributed by atoms with E-state index in [1.807, 2.05) is 36.4 Å². The normalized spacial score (nSPS) is 13.3. The van der Waals surface area contributed by atoms with Crippen molar-refractivity contribution in [1.29, 1.82) is 0 Å². The molecule has 144 valence electrons. The molecular weight excluding hydrogens is 358 g/mol. The second kappa shape index (κ2) is 8.43. The molecule has 0 fully saturated rings. The molecule has 2 aromatic rings. The van der Waals surface area contributed by atoms with Crippen LogP contribution in [0.25, 0.3) is 0 Å². The Morgan fingerprint density at radius 1 is 1.18 bits per heavy atom. The van der Waals surface area contributed by atoms with Crippen molar-refractivity contribution in [2.75, 3.05) is 0 Å². The van der Waals surface area contributed by atoms with E-state index in [-0.39, 0.29) is 5.56 Å². The van der Waals surface area contributed by atoms with Crippen LogP contribution in [0.15, 0.2) is 70.9 Å². The minimum Gasteiger partial charge on any atom is -0.504 e. The summed E-state index contributed by atoms with van der Waals surface area (Å²) < 4.78 is 5.83. The molecule has 0 saturated carbocycles. The molecule has 0 saturated heterocycles. The molecule has 0 unspecified atom stereocenters. The van der Waals surface area contributed by atoms with Gasteiger partial charge < -0.3 is 20.3 Å². The van der Waals surface area contributed by atoms with Gasteiger partial charge in [0.1, 0.15) is 6.61 Å². The maximum absolute atomic E-state index is 12.6. The van der Waals surface area contributed by atoms with Gasteiger partial charge in [-0.1, -0.05) is 36.4 Å². The zero-order valence-electron chi connectivity index (χ0n) is 15.4. The number of ether oxygens (including phenoxy) is 1. The van der Waals surface area contributed by atoms with Gasteiger partial charge in [-0.05, 0) is 42.7 Å². The number of nitrogens with one attached hydrogen (secondary N) is 1. The third kappa shape index (κ3) is 4.59. The van der Waals surface area contributed by atoms with E-state index in [4.69, 9.17) is 4.74 Å². The Bertz CT molecular complexity index is 1010. The second-order valence-electron chi connectivity index (χ2n) is 6.52. The Hall–Kier alpha value is -3.54. The van der Waals surface area contributed by atoms with Crippen LogP contribution in [0.4, 0.5) is 0 Å². The minimum atomic E-state index is -0.782. The number of allylic oxidation sites excluding steroid dienone is 3. The highest BCUT2D eigenvalue weighted by molar-refractivity contribution is 5.97. The van der Waals surface area contributed by atoms with Crippen molar-refractivity contribution in [3.8, 4) is 11.5 Å². The second-order valence-corrected chi connectivity index (χ2v) is 6.52. The highest BCUT2D eigenvalue weighted by Gasteiger charge is 2.15. The number of rotatable bonds is 5. The summed E-state index contributed by atoms with van der Waals surface area (Å²) in [5, 5.41) is 22.1. The van der Waals surface area contributed by atoms with E-state index in [9.17, 15) is 19.8 Å². The van der Waals surface area contributed by atoms with Gasteiger partial charge in [0, 0.05) is 17.7 Å². The summed E-state index contributed by atoms with van der Waals surface area (Å²) in [5.74, 6) is -1.15. The summed E-state index contributed by atoms with van der Waals surface area (Å²) >= 11 is 0. The van der Waals surface area contributed by atoms with Gasteiger partial charge in [0.25, 0.3) is 5.91 Å². The van der Waals surface area contributed by atoms with Crippen LogP contribution in [0.3, 0.4) is 0 Å². The van der Waals surface area contributed by atoms with Gasteiger partial charge in [0.15, 0.2) is 5.75 Å². The number of carbonyl (C=O) groups is 1. The zero-order chi connectivity index (χ0) is 20.1. The monoisotopic (exact) mass is 379 g/mol. The molecular formula is C22H21NO5. The van der Waals surface area contributed by atoms with Crippen LogP contribution in [-0.2, 0) is 11.3 Å². The topological polar surface area (TPSA) is 95.9 Å². The number of hydrogen-bond acceptors (Lipinski definition) is 5. The summed E-state index contributed by atoms with van der Waals surface area (Å²) in [6.45, 7) is 2.01. The predicted octanol–water partition coefficient (Wildman–Crippen LogP) is 3.27. The van der Waals surface area contributed by atoms with E-state index in [0.717, 1.165) is 29.9 Å². The Labute approximate surface area is 162 Å². The van der Waals surface area contributed by atoms with Crippen molar-refractivity contribution in [3.63, 3.8) is 0 Å². The fourth-order valence-corrected chi connectivity index (χ4v) is 2.86. The molecule has 2 aromatic carbocycles. The average molecular weight is 379 g/mol. The number of hydrogen-bond donors (Lipinski definition) is 3. The van der Waals surface area contributed by atoms with Crippen LogP contribution in [-0.4, -0.2) is 16.1 Å². The summed E-state index contributed by atoms with van der Waals surface area (Å²) in [7, 11) is 0. The SMILES string of the molecule is Cc1cc(=O)c(O)c(O)cc1C(=O)NC1=CCCC(OCc2ccccc2)=C1. The quantitative estimate of drug-likeness (QED) is 0.741. The van der Waals surface area contributed by atoms with Gasteiger partial charge in [-0.15, -0.1) is 0 Å². The lowest BCUT2D eigenvalue weighted by atomic mass is 10.1. The van der Waals surface area contributed by atoms with Crippen LogP contribution in [0.1, 0.15) is 34.3 Å². The Morgan fingerprint density at radius 3 is 2.68 bits per heavy atom. The summed E-state index contributed by atoms with van der Waals surface area (Å²) in [5.41, 5.74) is 1.33. The molecule has 0 bridgehead atoms. The predicted molar refractivity (Wildman–Crippen MR) is 105 cm³/mol. The van der Waals surface area contributed by atoms with Crippen LogP contribution < -0.4 is 10.7 Å². The molecule has 3 N–H and O–H groups in total. The van der Waals surface area contributed by atoms with Gasteiger partial charge >= 0.3 is 0 Å². The maximum Gasteiger partial charge on any atom is 0.256 e. The summed E-state index contributed by atoms with van der Waals surface area (Å²) in [6.07, 6.45) is 5.09. The molecule has 28 heavy (non-hydrogen) atoms. The molecule has 0 heterocycles. The van der Waals surface area contributed by atoms with E-state index >= 15 is 0 Å². The van der Waals surface area contributed by atoms with Crippen molar-refractivity contribution in [2.24, 2.45) is 0 Å². The number of aryl methyl sites for hydroxylation is 1. The maximum atomic E-state index is 12.6. The van der Waals surface area contributed by atoms with Crippen molar-refractivity contribution >= 4 is 5.91 Å². The third-order valence-electron chi connectivity index (χ3n) is 4.37. The molecule has 1 aliphatic rings.